The number of nitrogens with zero attached hydrogens (tertiary/aromatic N) is 2. The number of nitrogens with one attached hydrogen (secondary N) is 1. The summed E-state index contributed by atoms with van der Waals surface area (Å²) in [5.74, 6) is 0.917. The fourth-order valence-corrected chi connectivity index (χ4v) is 5.94. The van der Waals surface area contributed by atoms with E-state index in [0.717, 1.165) is 59.2 Å². The van der Waals surface area contributed by atoms with Gasteiger partial charge in [0.1, 0.15) is 12.4 Å². The fraction of sp³-hybridized carbons (Fsp3) is 0.370. The molecule has 0 bridgehead atoms. The van der Waals surface area contributed by atoms with Crippen LogP contribution in [0.1, 0.15) is 34.1 Å². The smallest absolute Gasteiger partial charge is 0.261 e. The van der Waals surface area contributed by atoms with Crippen molar-refractivity contribution in [2.75, 3.05) is 37.6 Å². The van der Waals surface area contributed by atoms with E-state index in [1.54, 1.807) is 11.3 Å². The van der Waals surface area contributed by atoms with E-state index < -0.39 is 0 Å². The van der Waals surface area contributed by atoms with Gasteiger partial charge < -0.3 is 15.0 Å². The molecule has 33 heavy (non-hydrogen) atoms. The van der Waals surface area contributed by atoms with E-state index in [-0.39, 0.29) is 5.91 Å². The van der Waals surface area contributed by atoms with Gasteiger partial charge in [0.25, 0.3) is 5.91 Å². The Morgan fingerprint density at radius 2 is 2.03 bits per heavy atom. The van der Waals surface area contributed by atoms with Gasteiger partial charge in [-0.25, -0.2) is 0 Å². The molecule has 5 rings (SSSR count). The second-order valence-electron chi connectivity index (χ2n) is 9.04. The van der Waals surface area contributed by atoms with E-state index in [2.05, 4.69) is 59.3 Å². The summed E-state index contributed by atoms with van der Waals surface area (Å²) in [6, 6.07) is 19.3. The molecule has 3 aromatic rings. The number of carbonyl (C=O) groups is 1. The molecule has 172 valence electrons. The number of ether oxygens (including phenoxy) is 1. The molecule has 0 spiro atoms. The number of hydrogen-bond acceptors (Lipinski definition) is 5. The number of fused-ring (bicyclic) bond motifs is 3. The Balaban J connectivity index is 1.09. The Labute approximate surface area is 200 Å². The van der Waals surface area contributed by atoms with Crippen molar-refractivity contribution < 1.29 is 9.53 Å². The highest BCUT2D eigenvalue weighted by molar-refractivity contribution is 7.17. The van der Waals surface area contributed by atoms with Gasteiger partial charge in [0.05, 0.1) is 4.88 Å². The second kappa shape index (κ2) is 9.57. The number of rotatable bonds is 6. The van der Waals surface area contributed by atoms with Crippen molar-refractivity contribution in [1.82, 2.24) is 10.2 Å². The van der Waals surface area contributed by atoms with Crippen LogP contribution in [0.3, 0.4) is 0 Å². The predicted molar refractivity (Wildman–Crippen MR) is 135 cm³/mol. The van der Waals surface area contributed by atoms with E-state index in [1.165, 1.54) is 11.3 Å². The first-order valence-corrected chi connectivity index (χ1v) is 12.6. The third kappa shape index (κ3) is 4.77. The summed E-state index contributed by atoms with van der Waals surface area (Å²) >= 11 is 1.56. The molecule has 1 saturated heterocycles. The van der Waals surface area contributed by atoms with Gasteiger partial charge in [-0.3, -0.25) is 9.69 Å². The number of thiophene rings is 1. The lowest BCUT2D eigenvalue weighted by molar-refractivity contribution is 0.0955. The van der Waals surface area contributed by atoms with Crippen LogP contribution in [0.4, 0.5) is 5.69 Å². The van der Waals surface area contributed by atoms with Crippen molar-refractivity contribution in [3.05, 3.63) is 70.6 Å². The van der Waals surface area contributed by atoms with Crippen LogP contribution in [0, 0.1) is 6.92 Å². The van der Waals surface area contributed by atoms with Crippen LogP contribution < -0.4 is 15.0 Å². The van der Waals surface area contributed by atoms with Gasteiger partial charge in [-0.1, -0.05) is 24.3 Å². The summed E-state index contributed by atoms with van der Waals surface area (Å²) < 4.78 is 5.82. The van der Waals surface area contributed by atoms with Crippen molar-refractivity contribution >= 4 is 22.9 Å². The number of aryl methyl sites for hydroxylation is 1. The number of benzene rings is 2. The maximum atomic E-state index is 12.7. The molecular weight excluding hydrogens is 430 g/mol. The molecule has 5 nitrogen and oxygen atoms in total. The summed E-state index contributed by atoms with van der Waals surface area (Å²) in [6.45, 7) is 9.84. The Bertz CT molecular complexity index is 1140. The molecule has 3 heterocycles. The quantitative estimate of drug-likeness (QED) is 0.528. The zero-order chi connectivity index (χ0) is 22.8. The van der Waals surface area contributed by atoms with Crippen molar-refractivity contribution in [3.8, 4) is 16.2 Å². The molecule has 0 unspecified atom stereocenters. The molecular formula is C27H31N3O2S. The first kappa shape index (κ1) is 22.0. The molecule has 0 saturated carbocycles. The first-order valence-electron chi connectivity index (χ1n) is 11.8. The SMILES string of the molecule is Cc1cccc(N2CCN(CCCNC(=O)c3cc4c(s3)-c3ccccc3OC4)C[C@H]2C)c1. The molecule has 1 atom stereocenters. The highest BCUT2D eigenvalue weighted by Crippen LogP contribution is 2.42. The number of hydrogen-bond donors (Lipinski definition) is 1. The van der Waals surface area contributed by atoms with Crippen LogP contribution in [-0.2, 0) is 6.61 Å². The lowest BCUT2D eigenvalue weighted by Crippen LogP contribution is -2.52. The van der Waals surface area contributed by atoms with Crippen LogP contribution in [0.25, 0.3) is 10.4 Å². The lowest BCUT2D eigenvalue weighted by atomic mass is 10.1. The monoisotopic (exact) mass is 461 g/mol. The Morgan fingerprint density at radius 3 is 2.88 bits per heavy atom. The summed E-state index contributed by atoms with van der Waals surface area (Å²) in [7, 11) is 0. The van der Waals surface area contributed by atoms with Crippen LogP contribution in [0.2, 0.25) is 0 Å². The van der Waals surface area contributed by atoms with Crippen LogP contribution in [0.15, 0.2) is 54.6 Å². The molecule has 1 aromatic heterocycles. The third-order valence-corrected chi connectivity index (χ3v) is 7.74. The largest absolute Gasteiger partial charge is 0.488 e. The molecule has 1 amide bonds. The molecule has 2 aliphatic rings. The van der Waals surface area contributed by atoms with Gasteiger partial charge in [-0.15, -0.1) is 11.3 Å². The maximum absolute atomic E-state index is 12.7. The Hall–Kier alpha value is -2.83. The van der Waals surface area contributed by atoms with E-state index in [9.17, 15) is 4.79 Å². The highest BCUT2D eigenvalue weighted by atomic mass is 32.1. The van der Waals surface area contributed by atoms with Gasteiger partial charge >= 0.3 is 0 Å². The van der Waals surface area contributed by atoms with Gasteiger partial charge in [0.15, 0.2) is 0 Å². The number of carbonyl (C=O) groups excluding carboxylic acids is 1. The zero-order valence-corrected chi connectivity index (χ0v) is 20.2. The van der Waals surface area contributed by atoms with Gasteiger partial charge in [-0.2, -0.15) is 0 Å². The second-order valence-corrected chi connectivity index (χ2v) is 10.1. The number of para-hydroxylation sites is 1. The molecule has 1 N–H and O–H groups in total. The minimum Gasteiger partial charge on any atom is -0.488 e. The van der Waals surface area contributed by atoms with E-state index >= 15 is 0 Å². The molecule has 0 radical (unpaired) electrons. The average Bonchev–Trinajstić information content (AvgIpc) is 3.27. The van der Waals surface area contributed by atoms with Gasteiger partial charge in [0, 0.05) is 53.9 Å². The van der Waals surface area contributed by atoms with Crippen LogP contribution >= 0.6 is 11.3 Å². The molecule has 6 heteroatoms. The van der Waals surface area contributed by atoms with E-state index in [4.69, 9.17) is 4.74 Å². The zero-order valence-electron chi connectivity index (χ0n) is 19.3. The first-order chi connectivity index (χ1) is 16.1. The van der Waals surface area contributed by atoms with Gasteiger partial charge in [0.2, 0.25) is 0 Å². The maximum Gasteiger partial charge on any atom is 0.261 e. The lowest BCUT2D eigenvalue weighted by Gasteiger charge is -2.41. The van der Waals surface area contributed by atoms with E-state index in [0.29, 0.717) is 19.2 Å². The summed E-state index contributed by atoms with van der Waals surface area (Å²) in [5.41, 5.74) is 4.81. The Morgan fingerprint density at radius 1 is 1.15 bits per heavy atom. The number of anilines is 1. The number of amides is 1. The fourth-order valence-electron chi connectivity index (χ4n) is 4.83. The van der Waals surface area contributed by atoms with Gasteiger partial charge in [-0.05, 0) is 62.7 Å². The summed E-state index contributed by atoms with van der Waals surface area (Å²) in [6.07, 6.45) is 0.958. The van der Waals surface area contributed by atoms with Crippen LogP contribution in [-0.4, -0.2) is 49.6 Å². The molecule has 2 aromatic carbocycles. The summed E-state index contributed by atoms with van der Waals surface area (Å²) in [5, 5.41) is 3.12. The van der Waals surface area contributed by atoms with E-state index in [1.807, 2.05) is 24.3 Å². The summed E-state index contributed by atoms with van der Waals surface area (Å²) in [4.78, 5) is 19.7. The average molecular weight is 462 g/mol. The van der Waals surface area contributed by atoms with Crippen molar-refractivity contribution in [2.24, 2.45) is 0 Å². The molecule has 2 aliphatic heterocycles. The third-order valence-electron chi connectivity index (χ3n) is 6.53. The van der Waals surface area contributed by atoms with Crippen molar-refractivity contribution in [3.63, 3.8) is 0 Å². The number of piperazine rings is 1. The normalized spacial score (nSPS) is 17.8. The highest BCUT2D eigenvalue weighted by Gasteiger charge is 2.24. The standard InChI is InChI=1S/C27H31N3O2S/c1-19-7-5-8-22(15-19)30-14-13-29(17-20(30)2)12-6-11-28-27(31)25-16-21-18-32-24-10-4-3-9-23(24)26(21)33-25/h3-5,7-10,15-16,20H,6,11-14,17-18H2,1-2H3,(H,28,31)/t20-/m1/s1. The predicted octanol–water partition coefficient (Wildman–Crippen LogP) is 4.95. The molecule has 0 aliphatic carbocycles. The molecule has 1 fully saturated rings. The minimum atomic E-state index is 0.0181. The van der Waals surface area contributed by atoms with Crippen LogP contribution in [0.5, 0.6) is 5.75 Å². The topological polar surface area (TPSA) is 44.8 Å². The van der Waals surface area contributed by atoms with Crippen molar-refractivity contribution in [2.45, 2.75) is 32.9 Å². The Kier molecular flexibility index (Phi) is 6.38. The van der Waals surface area contributed by atoms with Crippen molar-refractivity contribution in [1.29, 1.82) is 0 Å². The minimum absolute atomic E-state index is 0.0181.